The Morgan fingerprint density at radius 3 is 1.84 bits per heavy atom. The lowest BCUT2D eigenvalue weighted by Gasteiger charge is -2.13. The minimum absolute atomic E-state index is 0.211. The summed E-state index contributed by atoms with van der Waals surface area (Å²) in [6.45, 7) is 1.79. The molecule has 104 valence electrons. The van der Waals surface area contributed by atoms with E-state index in [0.717, 1.165) is 5.56 Å². The zero-order chi connectivity index (χ0) is 14.8. The molecule has 0 amide bonds. The average molecular weight is 267 g/mol. The van der Waals surface area contributed by atoms with Gasteiger partial charge in [0.1, 0.15) is 0 Å². The summed E-state index contributed by atoms with van der Waals surface area (Å²) < 4.78 is 0. The first kappa shape index (κ1) is 16.8. The highest BCUT2D eigenvalue weighted by Crippen LogP contribution is 2.13. The third-order valence-corrected chi connectivity index (χ3v) is 2.01. The smallest absolute Gasteiger partial charge is 0.328 e. The summed E-state index contributed by atoms with van der Waals surface area (Å²) in [5, 5.41) is 25.1. The van der Waals surface area contributed by atoms with Crippen LogP contribution in [0.25, 0.3) is 0 Å². The summed E-state index contributed by atoms with van der Waals surface area (Å²) in [5.74, 6) is -2.51. The van der Waals surface area contributed by atoms with E-state index in [1.807, 2.05) is 30.3 Å². The van der Waals surface area contributed by atoms with E-state index in [1.165, 1.54) is 0 Å². The first-order chi connectivity index (χ1) is 8.84. The van der Waals surface area contributed by atoms with Crippen LogP contribution in [-0.2, 0) is 9.59 Å². The molecule has 0 aliphatic carbocycles. The van der Waals surface area contributed by atoms with Crippen molar-refractivity contribution in [3.63, 3.8) is 0 Å². The normalized spacial score (nSPS) is 13.2. The van der Waals surface area contributed by atoms with E-state index in [0.29, 0.717) is 12.2 Å². The molecule has 1 aromatic rings. The van der Waals surface area contributed by atoms with Crippen LogP contribution in [0.2, 0.25) is 0 Å². The fourth-order valence-electron chi connectivity index (χ4n) is 1.10. The number of aliphatic hydroxyl groups is 1. The first-order valence-corrected chi connectivity index (χ1v) is 5.47. The summed E-state index contributed by atoms with van der Waals surface area (Å²) in [5.41, 5.74) is 6.40. The number of nitrogens with two attached hydrogens (primary N) is 1. The Balaban J connectivity index is 0.000000362. The first-order valence-electron chi connectivity index (χ1n) is 5.47. The Bertz CT molecular complexity index is 412. The largest absolute Gasteiger partial charge is 0.478 e. The molecular weight excluding hydrogens is 250 g/mol. The number of carboxylic acids is 2. The van der Waals surface area contributed by atoms with Crippen LogP contribution in [0.3, 0.4) is 0 Å². The van der Waals surface area contributed by atoms with Crippen LogP contribution in [-0.4, -0.2) is 33.3 Å². The molecule has 0 bridgehead atoms. The minimum Gasteiger partial charge on any atom is -0.478 e. The number of carbonyl (C=O) groups is 2. The van der Waals surface area contributed by atoms with Crippen LogP contribution in [0.15, 0.2) is 42.5 Å². The van der Waals surface area contributed by atoms with E-state index in [-0.39, 0.29) is 6.04 Å². The average Bonchev–Trinajstić information content (AvgIpc) is 2.37. The molecule has 2 atom stereocenters. The van der Waals surface area contributed by atoms with Crippen LogP contribution >= 0.6 is 0 Å². The monoisotopic (exact) mass is 267 g/mol. The maximum Gasteiger partial charge on any atom is 0.328 e. The zero-order valence-electron chi connectivity index (χ0n) is 10.4. The molecule has 0 radical (unpaired) electrons. The van der Waals surface area contributed by atoms with Crippen molar-refractivity contribution < 1.29 is 24.9 Å². The predicted octanol–water partition coefficient (Wildman–Crippen LogP) is 0.779. The number of benzene rings is 1. The Kier molecular flexibility index (Phi) is 7.83. The van der Waals surface area contributed by atoms with Crippen molar-refractivity contribution in [3.05, 3.63) is 48.0 Å². The number of aliphatic hydroxyl groups excluding tert-OH is 1. The van der Waals surface area contributed by atoms with Gasteiger partial charge in [-0.15, -0.1) is 0 Å². The van der Waals surface area contributed by atoms with Gasteiger partial charge in [-0.25, -0.2) is 9.59 Å². The quantitative estimate of drug-likeness (QED) is 0.598. The van der Waals surface area contributed by atoms with Gasteiger partial charge in [-0.3, -0.25) is 0 Å². The van der Waals surface area contributed by atoms with Gasteiger partial charge < -0.3 is 21.1 Å². The molecule has 0 saturated heterocycles. The van der Waals surface area contributed by atoms with Crippen molar-refractivity contribution in [3.8, 4) is 0 Å². The third-order valence-electron chi connectivity index (χ3n) is 2.01. The molecule has 6 nitrogen and oxygen atoms in total. The summed E-state index contributed by atoms with van der Waals surface area (Å²) in [6, 6.07) is 9.22. The molecule has 0 aromatic heterocycles. The Morgan fingerprint density at radius 1 is 1.11 bits per heavy atom. The highest BCUT2D eigenvalue weighted by molar-refractivity contribution is 5.89. The lowest BCUT2D eigenvalue weighted by molar-refractivity contribution is -0.134. The van der Waals surface area contributed by atoms with Crippen LogP contribution in [0.1, 0.15) is 18.6 Å². The number of rotatable bonds is 4. The highest BCUT2D eigenvalue weighted by atomic mass is 16.4. The summed E-state index contributed by atoms with van der Waals surface area (Å²) >= 11 is 0. The summed E-state index contributed by atoms with van der Waals surface area (Å²) in [7, 11) is 0. The molecular formula is C13H17NO5. The Hall–Kier alpha value is -2.18. The van der Waals surface area contributed by atoms with Crippen molar-refractivity contribution >= 4 is 11.9 Å². The third kappa shape index (κ3) is 8.53. The van der Waals surface area contributed by atoms with Gasteiger partial charge in [0.25, 0.3) is 0 Å². The Labute approximate surface area is 110 Å². The molecule has 0 aliphatic heterocycles. The molecule has 0 fully saturated rings. The summed E-state index contributed by atoms with van der Waals surface area (Å²) in [6.07, 6.45) is 0.571. The molecule has 0 saturated carbocycles. The fraction of sp³-hybridized carbons (Fsp3) is 0.231. The number of hydrogen-bond donors (Lipinski definition) is 4. The van der Waals surface area contributed by atoms with Crippen LogP contribution in [0, 0.1) is 0 Å². The molecule has 1 aromatic carbocycles. The fourth-order valence-corrected chi connectivity index (χ4v) is 1.10. The Morgan fingerprint density at radius 2 is 1.53 bits per heavy atom. The van der Waals surface area contributed by atoms with Crippen molar-refractivity contribution in [2.45, 2.75) is 19.1 Å². The number of carboxylic acid groups (broad SMARTS) is 2. The molecule has 0 aliphatic rings. The second kappa shape index (κ2) is 8.84. The van der Waals surface area contributed by atoms with Gasteiger partial charge in [-0.1, -0.05) is 30.3 Å². The second-order valence-corrected chi connectivity index (χ2v) is 3.72. The van der Waals surface area contributed by atoms with Crippen LogP contribution in [0.4, 0.5) is 0 Å². The van der Waals surface area contributed by atoms with E-state index in [4.69, 9.17) is 15.9 Å². The van der Waals surface area contributed by atoms with Crippen molar-refractivity contribution in [1.29, 1.82) is 0 Å². The zero-order valence-corrected chi connectivity index (χ0v) is 10.4. The molecule has 19 heavy (non-hydrogen) atoms. The van der Waals surface area contributed by atoms with E-state index in [9.17, 15) is 14.7 Å². The highest BCUT2D eigenvalue weighted by Gasteiger charge is 2.10. The standard InChI is InChI=1S/C9H13NO.C4H4O4/c1-7(10)9(11)8-5-3-2-4-6-8;5-3(6)1-2-4(7)8/h2-7,9,11H,10H2,1H3;1-2H,(H,5,6)(H,7,8)/b;2-1-/t7-,9-;/m1./s1. The molecule has 0 spiro atoms. The van der Waals surface area contributed by atoms with Gasteiger partial charge in [0.2, 0.25) is 0 Å². The van der Waals surface area contributed by atoms with E-state index in [2.05, 4.69) is 0 Å². The van der Waals surface area contributed by atoms with Crippen LogP contribution < -0.4 is 5.73 Å². The molecule has 6 heteroatoms. The van der Waals surface area contributed by atoms with Gasteiger partial charge in [-0.05, 0) is 12.5 Å². The SMILES string of the molecule is C[C@@H](N)[C@@H](O)c1ccccc1.O=C(O)/C=C\C(=O)O. The van der Waals surface area contributed by atoms with E-state index >= 15 is 0 Å². The van der Waals surface area contributed by atoms with Crippen LogP contribution in [0.5, 0.6) is 0 Å². The number of hydrogen-bond acceptors (Lipinski definition) is 4. The minimum atomic E-state index is -1.26. The van der Waals surface area contributed by atoms with Gasteiger partial charge in [0.15, 0.2) is 0 Å². The second-order valence-electron chi connectivity index (χ2n) is 3.72. The predicted molar refractivity (Wildman–Crippen MR) is 69.5 cm³/mol. The van der Waals surface area contributed by atoms with Crippen molar-refractivity contribution in [2.24, 2.45) is 5.73 Å². The maximum absolute atomic E-state index is 9.55. The molecule has 5 N–H and O–H groups in total. The van der Waals surface area contributed by atoms with Gasteiger partial charge in [-0.2, -0.15) is 0 Å². The molecule has 0 heterocycles. The van der Waals surface area contributed by atoms with E-state index in [1.54, 1.807) is 6.92 Å². The van der Waals surface area contributed by atoms with Gasteiger partial charge in [0, 0.05) is 18.2 Å². The van der Waals surface area contributed by atoms with Gasteiger partial charge in [0.05, 0.1) is 6.10 Å². The summed E-state index contributed by atoms with van der Waals surface area (Å²) in [4.78, 5) is 19.1. The molecule has 1 rings (SSSR count). The van der Waals surface area contributed by atoms with Crippen molar-refractivity contribution in [1.82, 2.24) is 0 Å². The van der Waals surface area contributed by atoms with Gasteiger partial charge >= 0.3 is 11.9 Å². The lowest BCUT2D eigenvalue weighted by atomic mass is 10.0. The van der Waals surface area contributed by atoms with E-state index < -0.39 is 18.0 Å². The molecule has 0 unspecified atom stereocenters. The van der Waals surface area contributed by atoms with Crippen molar-refractivity contribution in [2.75, 3.05) is 0 Å². The topological polar surface area (TPSA) is 121 Å². The lowest BCUT2D eigenvalue weighted by Crippen LogP contribution is -2.24. The number of aliphatic carboxylic acids is 2. The maximum atomic E-state index is 9.55.